The van der Waals surface area contributed by atoms with Crippen molar-refractivity contribution in [3.8, 4) is 0 Å². The van der Waals surface area contributed by atoms with Gasteiger partial charge in [0.05, 0.1) is 17.7 Å². The molecule has 0 aliphatic carbocycles. The fraction of sp³-hybridized carbons (Fsp3) is 0.600. The number of benzene rings is 1. The molecule has 0 fully saturated rings. The van der Waals surface area contributed by atoms with E-state index in [1.807, 2.05) is 0 Å². The summed E-state index contributed by atoms with van der Waals surface area (Å²) in [6.07, 6.45) is 9.40. The van der Waals surface area contributed by atoms with Crippen molar-refractivity contribution in [1.82, 2.24) is 0 Å². The molecule has 134 valence electrons. The minimum Gasteiger partial charge on any atom is -0.478 e. The van der Waals surface area contributed by atoms with Crippen LogP contribution in [0.2, 0.25) is 0 Å². The summed E-state index contributed by atoms with van der Waals surface area (Å²) in [5, 5.41) is 9.07. The summed E-state index contributed by atoms with van der Waals surface area (Å²) in [7, 11) is 0. The molecule has 4 nitrogen and oxygen atoms in total. The van der Waals surface area contributed by atoms with Crippen LogP contribution in [0.1, 0.15) is 85.9 Å². The molecular weight excluding hydrogens is 304 g/mol. The average molecular weight is 334 g/mol. The second kappa shape index (κ2) is 11.7. The van der Waals surface area contributed by atoms with E-state index in [-0.39, 0.29) is 11.1 Å². The fourth-order valence-corrected chi connectivity index (χ4v) is 2.60. The van der Waals surface area contributed by atoms with E-state index in [0.717, 1.165) is 25.2 Å². The fourth-order valence-electron chi connectivity index (χ4n) is 2.60. The molecule has 1 N–H and O–H groups in total. The van der Waals surface area contributed by atoms with Crippen molar-refractivity contribution < 1.29 is 19.4 Å². The predicted molar refractivity (Wildman–Crippen MR) is 95.5 cm³/mol. The molecule has 24 heavy (non-hydrogen) atoms. The Kier molecular flexibility index (Phi) is 9.81. The van der Waals surface area contributed by atoms with Crippen molar-refractivity contribution in [1.29, 1.82) is 0 Å². The first-order valence-electron chi connectivity index (χ1n) is 9.05. The van der Waals surface area contributed by atoms with Crippen LogP contribution in [-0.2, 0) is 4.74 Å². The van der Waals surface area contributed by atoms with Gasteiger partial charge in [0.1, 0.15) is 0 Å². The third-order valence-corrected chi connectivity index (χ3v) is 4.40. The summed E-state index contributed by atoms with van der Waals surface area (Å²) < 4.78 is 5.19. The number of rotatable bonds is 12. The smallest absolute Gasteiger partial charge is 0.339 e. The highest BCUT2D eigenvalue weighted by molar-refractivity contribution is 6.02. The number of carbonyl (C=O) groups excluding carboxylic acids is 1. The van der Waals surface area contributed by atoms with Gasteiger partial charge in [-0.1, -0.05) is 70.9 Å². The molecule has 1 rings (SSSR count). The van der Waals surface area contributed by atoms with Crippen LogP contribution in [0.25, 0.3) is 0 Å². The van der Waals surface area contributed by atoms with Gasteiger partial charge in [0.25, 0.3) is 0 Å². The number of carbonyl (C=O) groups is 2. The van der Waals surface area contributed by atoms with Crippen molar-refractivity contribution in [3.63, 3.8) is 0 Å². The van der Waals surface area contributed by atoms with E-state index in [9.17, 15) is 9.59 Å². The first kappa shape index (κ1) is 20.2. The van der Waals surface area contributed by atoms with Crippen LogP contribution >= 0.6 is 0 Å². The average Bonchev–Trinajstić information content (AvgIpc) is 2.59. The van der Waals surface area contributed by atoms with Gasteiger partial charge in [-0.2, -0.15) is 0 Å². The van der Waals surface area contributed by atoms with E-state index in [4.69, 9.17) is 9.84 Å². The molecule has 0 saturated carbocycles. The molecule has 0 aliphatic rings. The molecule has 0 heterocycles. The number of carboxylic acid groups (broad SMARTS) is 1. The van der Waals surface area contributed by atoms with Gasteiger partial charge >= 0.3 is 11.9 Å². The Labute approximate surface area is 145 Å². The van der Waals surface area contributed by atoms with E-state index < -0.39 is 11.9 Å². The zero-order chi connectivity index (χ0) is 17.8. The highest BCUT2D eigenvalue weighted by Crippen LogP contribution is 2.14. The van der Waals surface area contributed by atoms with Crippen molar-refractivity contribution in [3.05, 3.63) is 35.4 Å². The summed E-state index contributed by atoms with van der Waals surface area (Å²) in [4.78, 5) is 23.0. The SMILES string of the molecule is CCC(C)CCCCCCCCOC(=O)c1ccccc1C(=O)O. The predicted octanol–water partition coefficient (Wildman–Crippen LogP) is 5.32. The first-order valence-corrected chi connectivity index (χ1v) is 9.05. The van der Waals surface area contributed by atoms with Gasteiger partial charge in [-0.15, -0.1) is 0 Å². The highest BCUT2D eigenvalue weighted by atomic mass is 16.5. The Morgan fingerprint density at radius 1 is 1.00 bits per heavy atom. The van der Waals surface area contributed by atoms with Gasteiger partial charge < -0.3 is 9.84 Å². The van der Waals surface area contributed by atoms with Crippen molar-refractivity contribution in [2.24, 2.45) is 5.92 Å². The number of ether oxygens (including phenoxy) is 1. The van der Waals surface area contributed by atoms with E-state index in [1.54, 1.807) is 12.1 Å². The number of esters is 1. The van der Waals surface area contributed by atoms with Crippen molar-refractivity contribution in [2.45, 2.75) is 65.2 Å². The van der Waals surface area contributed by atoms with Crippen LogP contribution in [-0.4, -0.2) is 23.7 Å². The van der Waals surface area contributed by atoms with Gasteiger partial charge in [-0.3, -0.25) is 0 Å². The monoisotopic (exact) mass is 334 g/mol. The molecule has 1 aromatic carbocycles. The third kappa shape index (κ3) is 7.62. The molecule has 0 amide bonds. The van der Waals surface area contributed by atoms with Gasteiger partial charge in [-0.25, -0.2) is 9.59 Å². The first-order chi connectivity index (χ1) is 11.6. The normalized spacial score (nSPS) is 11.9. The molecule has 0 spiro atoms. The lowest BCUT2D eigenvalue weighted by atomic mass is 10.00. The van der Waals surface area contributed by atoms with Gasteiger partial charge in [-0.05, 0) is 24.5 Å². The Morgan fingerprint density at radius 3 is 2.21 bits per heavy atom. The third-order valence-electron chi connectivity index (χ3n) is 4.40. The molecule has 0 radical (unpaired) electrons. The lowest BCUT2D eigenvalue weighted by Crippen LogP contribution is -2.12. The van der Waals surface area contributed by atoms with Crippen LogP contribution in [0.15, 0.2) is 24.3 Å². The minimum atomic E-state index is -1.11. The van der Waals surface area contributed by atoms with Crippen LogP contribution < -0.4 is 0 Å². The molecule has 1 unspecified atom stereocenters. The minimum absolute atomic E-state index is 0.0104. The molecular formula is C20H30O4. The van der Waals surface area contributed by atoms with Crippen LogP contribution in [0.4, 0.5) is 0 Å². The molecule has 1 aromatic rings. The molecule has 0 saturated heterocycles. The molecule has 0 bridgehead atoms. The molecule has 0 aliphatic heterocycles. The van der Waals surface area contributed by atoms with E-state index in [2.05, 4.69) is 13.8 Å². The highest BCUT2D eigenvalue weighted by Gasteiger charge is 2.16. The number of hydrogen-bond donors (Lipinski definition) is 1. The maximum atomic E-state index is 12.0. The van der Waals surface area contributed by atoms with Gasteiger partial charge in [0, 0.05) is 0 Å². The lowest BCUT2D eigenvalue weighted by Gasteiger charge is -2.08. The number of hydrogen-bond acceptors (Lipinski definition) is 3. The largest absolute Gasteiger partial charge is 0.478 e. The number of carboxylic acids is 1. The number of aromatic carboxylic acids is 1. The molecule has 4 heteroatoms. The summed E-state index contributed by atoms with van der Waals surface area (Å²) in [5.74, 6) is -0.834. The van der Waals surface area contributed by atoms with Crippen LogP contribution in [0, 0.1) is 5.92 Å². The standard InChI is InChI=1S/C20H30O4/c1-3-16(2)12-8-6-4-5-7-11-15-24-20(23)18-14-10-9-13-17(18)19(21)22/h9-10,13-14,16H,3-8,11-12,15H2,1-2H3,(H,21,22). The van der Waals surface area contributed by atoms with Gasteiger partial charge in [0.15, 0.2) is 0 Å². The maximum absolute atomic E-state index is 12.0. The van der Waals surface area contributed by atoms with Crippen LogP contribution in [0.5, 0.6) is 0 Å². The second-order valence-corrected chi connectivity index (χ2v) is 6.41. The maximum Gasteiger partial charge on any atom is 0.339 e. The lowest BCUT2D eigenvalue weighted by molar-refractivity contribution is 0.0487. The molecule has 1 atom stereocenters. The van der Waals surface area contributed by atoms with E-state index in [1.165, 1.54) is 44.2 Å². The summed E-state index contributed by atoms with van der Waals surface area (Å²) in [6, 6.07) is 6.14. The summed E-state index contributed by atoms with van der Waals surface area (Å²) >= 11 is 0. The zero-order valence-corrected chi connectivity index (χ0v) is 14.9. The Balaban J connectivity index is 2.13. The van der Waals surface area contributed by atoms with Crippen molar-refractivity contribution in [2.75, 3.05) is 6.61 Å². The van der Waals surface area contributed by atoms with Crippen LogP contribution in [0.3, 0.4) is 0 Å². The quantitative estimate of drug-likeness (QED) is 0.415. The van der Waals surface area contributed by atoms with E-state index in [0.29, 0.717) is 6.61 Å². The Hall–Kier alpha value is -1.84. The van der Waals surface area contributed by atoms with Crippen molar-refractivity contribution >= 4 is 11.9 Å². The zero-order valence-electron chi connectivity index (χ0n) is 14.9. The Bertz CT molecular complexity index is 510. The van der Waals surface area contributed by atoms with E-state index >= 15 is 0 Å². The Morgan fingerprint density at radius 2 is 1.58 bits per heavy atom. The second-order valence-electron chi connectivity index (χ2n) is 6.41. The summed E-state index contributed by atoms with van der Waals surface area (Å²) in [5.41, 5.74) is 0.110. The molecule has 0 aromatic heterocycles. The van der Waals surface area contributed by atoms with Gasteiger partial charge in [0.2, 0.25) is 0 Å². The number of unbranched alkanes of at least 4 members (excludes halogenated alkanes) is 5. The topological polar surface area (TPSA) is 63.6 Å². The summed E-state index contributed by atoms with van der Waals surface area (Å²) in [6.45, 7) is 4.89.